The molecule has 3 rings (SSSR count). The summed E-state index contributed by atoms with van der Waals surface area (Å²) >= 11 is 0. The molecule has 110 valence electrons. The molecule has 0 radical (unpaired) electrons. The number of rotatable bonds is 3. The summed E-state index contributed by atoms with van der Waals surface area (Å²) < 4.78 is 1.77. The first-order valence-electron chi connectivity index (χ1n) is 6.98. The molecule has 0 aliphatic rings. The van der Waals surface area contributed by atoms with Crippen molar-refractivity contribution in [3.63, 3.8) is 0 Å². The van der Waals surface area contributed by atoms with Crippen molar-refractivity contribution in [3.05, 3.63) is 71.8 Å². The summed E-state index contributed by atoms with van der Waals surface area (Å²) in [5.41, 5.74) is 4.16. The standard InChI is InChI=1S/C17H16N4O/c1-12-4-3-5-15(10-12)21-13(2)16(11-19-21)17(22)20-14-6-8-18-9-7-14/h3-11H,1-2H3,(H,18,20,22). The van der Waals surface area contributed by atoms with Crippen molar-refractivity contribution in [3.8, 4) is 5.69 Å². The van der Waals surface area contributed by atoms with E-state index in [1.807, 2.05) is 38.1 Å². The maximum Gasteiger partial charge on any atom is 0.259 e. The predicted molar refractivity (Wildman–Crippen MR) is 85.2 cm³/mol. The molecule has 0 aliphatic carbocycles. The largest absolute Gasteiger partial charge is 0.322 e. The second-order valence-corrected chi connectivity index (χ2v) is 5.08. The fourth-order valence-corrected chi connectivity index (χ4v) is 2.29. The third kappa shape index (κ3) is 2.74. The molecule has 5 heteroatoms. The minimum atomic E-state index is -0.178. The third-order valence-electron chi connectivity index (χ3n) is 3.44. The lowest BCUT2D eigenvalue weighted by Gasteiger charge is -2.07. The number of aryl methyl sites for hydroxylation is 1. The number of pyridine rings is 1. The number of benzene rings is 1. The lowest BCUT2D eigenvalue weighted by Crippen LogP contribution is -2.13. The van der Waals surface area contributed by atoms with Gasteiger partial charge in [0.15, 0.2) is 0 Å². The van der Waals surface area contributed by atoms with Crippen LogP contribution < -0.4 is 5.32 Å². The molecule has 0 unspecified atom stereocenters. The van der Waals surface area contributed by atoms with Crippen molar-refractivity contribution in [1.82, 2.24) is 14.8 Å². The molecule has 1 N–H and O–H groups in total. The second kappa shape index (κ2) is 5.81. The minimum Gasteiger partial charge on any atom is -0.322 e. The fourth-order valence-electron chi connectivity index (χ4n) is 2.29. The van der Waals surface area contributed by atoms with Gasteiger partial charge < -0.3 is 5.32 Å². The number of nitrogens with zero attached hydrogens (tertiary/aromatic N) is 3. The molecule has 1 aromatic carbocycles. The summed E-state index contributed by atoms with van der Waals surface area (Å²) in [6.07, 6.45) is 4.87. The average molecular weight is 292 g/mol. The Morgan fingerprint density at radius 3 is 2.64 bits per heavy atom. The summed E-state index contributed by atoms with van der Waals surface area (Å²) in [5.74, 6) is -0.178. The van der Waals surface area contributed by atoms with Crippen LogP contribution in [0.25, 0.3) is 5.69 Å². The quantitative estimate of drug-likeness (QED) is 0.806. The molecule has 0 aliphatic heterocycles. The van der Waals surface area contributed by atoms with E-state index < -0.39 is 0 Å². The summed E-state index contributed by atoms with van der Waals surface area (Å²) in [7, 11) is 0. The Balaban J connectivity index is 1.89. The van der Waals surface area contributed by atoms with Crippen LogP contribution in [-0.4, -0.2) is 20.7 Å². The number of aromatic nitrogens is 3. The highest BCUT2D eigenvalue weighted by atomic mass is 16.1. The first-order chi connectivity index (χ1) is 10.6. The fraction of sp³-hybridized carbons (Fsp3) is 0.118. The van der Waals surface area contributed by atoms with Crippen LogP contribution in [0, 0.1) is 13.8 Å². The van der Waals surface area contributed by atoms with Crippen LogP contribution >= 0.6 is 0 Å². The molecular formula is C17H16N4O. The van der Waals surface area contributed by atoms with E-state index in [2.05, 4.69) is 15.4 Å². The van der Waals surface area contributed by atoms with E-state index >= 15 is 0 Å². The molecule has 0 saturated heterocycles. The SMILES string of the molecule is Cc1cccc(-n2ncc(C(=O)Nc3ccncc3)c2C)c1. The van der Waals surface area contributed by atoms with Crippen molar-refractivity contribution < 1.29 is 4.79 Å². The number of amides is 1. The van der Waals surface area contributed by atoms with E-state index in [4.69, 9.17) is 0 Å². The molecule has 3 aromatic rings. The number of hydrogen-bond donors (Lipinski definition) is 1. The van der Waals surface area contributed by atoms with Crippen LogP contribution in [0.1, 0.15) is 21.6 Å². The van der Waals surface area contributed by atoms with E-state index in [1.165, 1.54) is 0 Å². The number of nitrogens with one attached hydrogen (secondary N) is 1. The van der Waals surface area contributed by atoms with Gasteiger partial charge in [0.05, 0.1) is 23.1 Å². The van der Waals surface area contributed by atoms with Gasteiger partial charge in [0, 0.05) is 18.1 Å². The highest BCUT2D eigenvalue weighted by molar-refractivity contribution is 6.04. The lowest BCUT2D eigenvalue weighted by atomic mass is 10.2. The third-order valence-corrected chi connectivity index (χ3v) is 3.44. The molecule has 1 amide bonds. The van der Waals surface area contributed by atoms with Gasteiger partial charge in [-0.2, -0.15) is 5.10 Å². The predicted octanol–water partition coefficient (Wildman–Crippen LogP) is 3.14. The lowest BCUT2D eigenvalue weighted by molar-refractivity contribution is 0.102. The highest BCUT2D eigenvalue weighted by Gasteiger charge is 2.15. The van der Waals surface area contributed by atoms with Crippen LogP contribution in [0.3, 0.4) is 0 Å². The smallest absolute Gasteiger partial charge is 0.259 e. The van der Waals surface area contributed by atoms with Gasteiger partial charge in [-0.1, -0.05) is 12.1 Å². The van der Waals surface area contributed by atoms with Gasteiger partial charge in [0.25, 0.3) is 5.91 Å². The van der Waals surface area contributed by atoms with E-state index in [9.17, 15) is 4.79 Å². The number of carbonyl (C=O) groups excluding carboxylic acids is 1. The first kappa shape index (κ1) is 14.0. The van der Waals surface area contributed by atoms with E-state index in [-0.39, 0.29) is 5.91 Å². The van der Waals surface area contributed by atoms with Gasteiger partial charge in [-0.25, -0.2) is 4.68 Å². The average Bonchev–Trinajstić information content (AvgIpc) is 2.90. The van der Waals surface area contributed by atoms with Crippen molar-refractivity contribution in [2.45, 2.75) is 13.8 Å². The van der Waals surface area contributed by atoms with E-state index in [1.54, 1.807) is 35.4 Å². The van der Waals surface area contributed by atoms with Crippen LogP contribution in [-0.2, 0) is 0 Å². The Morgan fingerprint density at radius 1 is 1.14 bits per heavy atom. The Kier molecular flexibility index (Phi) is 3.70. The minimum absolute atomic E-state index is 0.178. The molecule has 0 bridgehead atoms. The van der Waals surface area contributed by atoms with E-state index in [0.29, 0.717) is 11.3 Å². The van der Waals surface area contributed by atoms with Gasteiger partial charge in [0.2, 0.25) is 0 Å². The zero-order chi connectivity index (χ0) is 15.5. The molecule has 0 spiro atoms. The normalized spacial score (nSPS) is 10.5. The van der Waals surface area contributed by atoms with E-state index in [0.717, 1.165) is 16.9 Å². The topological polar surface area (TPSA) is 59.8 Å². The maximum absolute atomic E-state index is 12.4. The molecular weight excluding hydrogens is 276 g/mol. The van der Waals surface area contributed by atoms with Crippen molar-refractivity contribution in [1.29, 1.82) is 0 Å². The molecule has 0 saturated carbocycles. The van der Waals surface area contributed by atoms with Crippen LogP contribution in [0.5, 0.6) is 0 Å². The Hall–Kier alpha value is -2.95. The molecule has 0 fully saturated rings. The zero-order valence-corrected chi connectivity index (χ0v) is 12.4. The van der Waals surface area contributed by atoms with Crippen molar-refractivity contribution in [2.75, 3.05) is 5.32 Å². The van der Waals surface area contributed by atoms with Gasteiger partial charge in [0.1, 0.15) is 0 Å². The van der Waals surface area contributed by atoms with Gasteiger partial charge >= 0.3 is 0 Å². The van der Waals surface area contributed by atoms with Crippen LogP contribution in [0.4, 0.5) is 5.69 Å². The van der Waals surface area contributed by atoms with Gasteiger partial charge in [-0.05, 0) is 43.7 Å². The summed E-state index contributed by atoms with van der Waals surface area (Å²) in [6, 6.07) is 11.5. The number of carbonyl (C=O) groups is 1. The zero-order valence-electron chi connectivity index (χ0n) is 12.4. The monoisotopic (exact) mass is 292 g/mol. The maximum atomic E-state index is 12.4. The summed E-state index contributed by atoms with van der Waals surface area (Å²) in [4.78, 5) is 16.3. The van der Waals surface area contributed by atoms with Crippen molar-refractivity contribution in [2.24, 2.45) is 0 Å². The molecule has 2 heterocycles. The number of anilines is 1. The molecule has 0 atom stereocenters. The highest BCUT2D eigenvalue weighted by Crippen LogP contribution is 2.16. The Bertz CT molecular complexity index is 809. The molecule has 5 nitrogen and oxygen atoms in total. The van der Waals surface area contributed by atoms with Crippen LogP contribution in [0.15, 0.2) is 55.0 Å². The van der Waals surface area contributed by atoms with Gasteiger partial charge in [-0.15, -0.1) is 0 Å². The van der Waals surface area contributed by atoms with Crippen LogP contribution in [0.2, 0.25) is 0 Å². The van der Waals surface area contributed by atoms with Crippen molar-refractivity contribution >= 4 is 11.6 Å². The second-order valence-electron chi connectivity index (χ2n) is 5.08. The summed E-state index contributed by atoms with van der Waals surface area (Å²) in [5, 5.41) is 7.18. The summed E-state index contributed by atoms with van der Waals surface area (Å²) in [6.45, 7) is 3.91. The Labute approximate surface area is 128 Å². The Morgan fingerprint density at radius 2 is 1.91 bits per heavy atom. The van der Waals surface area contributed by atoms with Gasteiger partial charge in [-0.3, -0.25) is 9.78 Å². The molecule has 22 heavy (non-hydrogen) atoms. The molecule has 2 aromatic heterocycles. The first-order valence-corrected chi connectivity index (χ1v) is 6.98. The number of hydrogen-bond acceptors (Lipinski definition) is 3.